The van der Waals surface area contributed by atoms with Gasteiger partial charge in [0.2, 0.25) is 0 Å². The lowest BCUT2D eigenvalue weighted by atomic mass is 9.83. The fourth-order valence-electron chi connectivity index (χ4n) is 2.67. The topological polar surface area (TPSA) is 36.7 Å². The van der Waals surface area contributed by atoms with Gasteiger partial charge >= 0.3 is 0 Å². The average molecular weight is 214 g/mol. The molecule has 0 amide bonds. The van der Waals surface area contributed by atoms with Gasteiger partial charge in [-0.3, -0.25) is 4.98 Å². The van der Waals surface area contributed by atoms with Crippen LogP contribution in [0.15, 0.2) is 24.5 Å². The smallest absolute Gasteiger partial charge is 0.0742 e. The van der Waals surface area contributed by atoms with Gasteiger partial charge in [-0.2, -0.15) is 5.26 Å². The summed E-state index contributed by atoms with van der Waals surface area (Å²) in [5, 5.41) is 9.35. The molecule has 16 heavy (non-hydrogen) atoms. The van der Waals surface area contributed by atoms with Crippen molar-refractivity contribution in [3.05, 3.63) is 30.1 Å². The highest BCUT2D eigenvalue weighted by Gasteiger charge is 2.23. The molecule has 1 aromatic rings. The molecule has 0 spiro atoms. The predicted molar refractivity (Wildman–Crippen MR) is 63.8 cm³/mol. The first kappa shape index (κ1) is 11.1. The van der Waals surface area contributed by atoms with E-state index in [9.17, 15) is 5.26 Å². The van der Waals surface area contributed by atoms with Gasteiger partial charge in [0.25, 0.3) is 0 Å². The average Bonchev–Trinajstić information content (AvgIpc) is 2.61. The Labute approximate surface area is 97.3 Å². The molecule has 2 heteroatoms. The van der Waals surface area contributed by atoms with Crippen LogP contribution in [0.2, 0.25) is 0 Å². The fourth-order valence-corrected chi connectivity index (χ4v) is 2.67. The molecule has 0 aliphatic heterocycles. The predicted octanol–water partition coefficient (Wildman–Crippen LogP) is 3.66. The first-order chi connectivity index (χ1) is 7.92. The van der Waals surface area contributed by atoms with Crippen LogP contribution in [0.4, 0.5) is 0 Å². The van der Waals surface area contributed by atoms with Crippen LogP contribution in [0, 0.1) is 17.2 Å². The van der Waals surface area contributed by atoms with Gasteiger partial charge in [0.1, 0.15) is 0 Å². The van der Waals surface area contributed by atoms with Crippen molar-refractivity contribution in [2.75, 3.05) is 0 Å². The van der Waals surface area contributed by atoms with Crippen molar-refractivity contribution in [3.63, 3.8) is 0 Å². The molecule has 1 unspecified atom stereocenters. The molecule has 2 rings (SSSR count). The van der Waals surface area contributed by atoms with Crippen LogP contribution in [0.5, 0.6) is 0 Å². The molecule has 0 N–H and O–H groups in total. The Balaban J connectivity index is 2.13. The summed E-state index contributed by atoms with van der Waals surface area (Å²) in [4.78, 5) is 4.02. The van der Waals surface area contributed by atoms with E-state index < -0.39 is 0 Å². The molecule has 1 aromatic heterocycles. The van der Waals surface area contributed by atoms with E-state index in [1.54, 1.807) is 12.4 Å². The Morgan fingerprint density at radius 3 is 2.31 bits per heavy atom. The maximum atomic E-state index is 9.35. The lowest BCUT2D eigenvalue weighted by Gasteiger charge is -2.20. The molecule has 0 radical (unpaired) electrons. The van der Waals surface area contributed by atoms with E-state index in [0.717, 1.165) is 5.56 Å². The number of nitrogens with zero attached hydrogens (tertiary/aromatic N) is 2. The van der Waals surface area contributed by atoms with Crippen molar-refractivity contribution in [3.8, 4) is 6.07 Å². The molecule has 0 aromatic carbocycles. The summed E-state index contributed by atoms with van der Waals surface area (Å²) in [6.45, 7) is 0. The van der Waals surface area contributed by atoms with E-state index in [0.29, 0.717) is 5.92 Å². The number of rotatable bonds is 2. The Morgan fingerprint density at radius 1 is 1.12 bits per heavy atom. The summed E-state index contributed by atoms with van der Waals surface area (Å²) in [5.41, 5.74) is 1.14. The highest BCUT2D eigenvalue weighted by atomic mass is 14.6. The van der Waals surface area contributed by atoms with Crippen molar-refractivity contribution in [2.24, 2.45) is 5.92 Å². The van der Waals surface area contributed by atoms with E-state index in [1.165, 1.54) is 38.5 Å². The zero-order chi connectivity index (χ0) is 11.2. The van der Waals surface area contributed by atoms with Gasteiger partial charge in [0.15, 0.2) is 0 Å². The third-order valence-corrected chi connectivity index (χ3v) is 3.58. The third kappa shape index (κ3) is 2.61. The van der Waals surface area contributed by atoms with Crippen LogP contribution in [0.3, 0.4) is 0 Å². The van der Waals surface area contributed by atoms with Crippen LogP contribution < -0.4 is 0 Å². The van der Waals surface area contributed by atoms with E-state index in [2.05, 4.69) is 11.1 Å². The largest absolute Gasteiger partial charge is 0.265 e. The van der Waals surface area contributed by atoms with Gasteiger partial charge < -0.3 is 0 Å². The van der Waals surface area contributed by atoms with E-state index >= 15 is 0 Å². The van der Waals surface area contributed by atoms with Crippen molar-refractivity contribution >= 4 is 0 Å². The van der Waals surface area contributed by atoms with Crippen LogP contribution in [0.1, 0.15) is 50.0 Å². The zero-order valence-corrected chi connectivity index (χ0v) is 9.60. The normalized spacial score (nSPS) is 19.7. The highest BCUT2D eigenvalue weighted by molar-refractivity contribution is 5.23. The minimum Gasteiger partial charge on any atom is -0.265 e. The number of nitriles is 1. The third-order valence-electron chi connectivity index (χ3n) is 3.58. The van der Waals surface area contributed by atoms with Crippen LogP contribution in [0.25, 0.3) is 0 Å². The van der Waals surface area contributed by atoms with E-state index in [1.807, 2.05) is 12.1 Å². The summed E-state index contributed by atoms with van der Waals surface area (Å²) >= 11 is 0. The molecule has 1 aliphatic rings. The van der Waals surface area contributed by atoms with Crippen molar-refractivity contribution < 1.29 is 0 Å². The number of aromatic nitrogens is 1. The number of hydrogen-bond donors (Lipinski definition) is 0. The minimum atomic E-state index is 0.0705. The summed E-state index contributed by atoms with van der Waals surface area (Å²) < 4.78 is 0. The molecule has 2 nitrogen and oxygen atoms in total. The molecule has 1 heterocycles. The van der Waals surface area contributed by atoms with E-state index in [-0.39, 0.29) is 5.92 Å². The first-order valence-corrected chi connectivity index (χ1v) is 6.21. The second-order valence-corrected chi connectivity index (χ2v) is 4.64. The van der Waals surface area contributed by atoms with Crippen LogP contribution in [-0.2, 0) is 0 Å². The quantitative estimate of drug-likeness (QED) is 0.704. The summed E-state index contributed by atoms with van der Waals surface area (Å²) in [7, 11) is 0. The molecule has 1 saturated carbocycles. The highest BCUT2D eigenvalue weighted by Crippen LogP contribution is 2.34. The Morgan fingerprint density at radius 2 is 1.75 bits per heavy atom. The summed E-state index contributed by atoms with van der Waals surface area (Å²) in [5.74, 6) is 0.621. The van der Waals surface area contributed by atoms with Crippen LogP contribution in [-0.4, -0.2) is 4.98 Å². The van der Waals surface area contributed by atoms with Gasteiger partial charge in [-0.25, -0.2) is 0 Å². The first-order valence-electron chi connectivity index (χ1n) is 6.21. The Hall–Kier alpha value is -1.36. The number of pyridine rings is 1. The maximum absolute atomic E-state index is 9.35. The lowest BCUT2D eigenvalue weighted by Crippen LogP contribution is -2.10. The molecule has 0 saturated heterocycles. The zero-order valence-electron chi connectivity index (χ0n) is 9.60. The molecule has 1 fully saturated rings. The molecule has 1 aliphatic carbocycles. The second-order valence-electron chi connectivity index (χ2n) is 4.64. The van der Waals surface area contributed by atoms with Crippen molar-refractivity contribution in [2.45, 2.75) is 44.4 Å². The minimum absolute atomic E-state index is 0.0705. The van der Waals surface area contributed by atoms with Gasteiger partial charge in [-0.15, -0.1) is 0 Å². The monoisotopic (exact) mass is 214 g/mol. The van der Waals surface area contributed by atoms with Gasteiger partial charge in [-0.05, 0) is 36.5 Å². The standard InChI is InChI=1S/C14H18N2/c15-11-14(13-7-9-16-10-8-13)12-5-3-1-2-4-6-12/h7-10,12,14H,1-6H2. The SMILES string of the molecule is N#CC(c1ccncc1)C1CCCCCC1. The van der Waals surface area contributed by atoms with Gasteiger partial charge in [0, 0.05) is 12.4 Å². The van der Waals surface area contributed by atoms with Gasteiger partial charge in [0.05, 0.1) is 12.0 Å². The lowest BCUT2D eigenvalue weighted by molar-refractivity contribution is 0.424. The maximum Gasteiger partial charge on any atom is 0.0742 e. The van der Waals surface area contributed by atoms with Gasteiger partial charge in [-0.1, -0.05) is 25.7 Å². The fraction of sp³-hybridized carbons (Fsp3) is 0.571. The van der Waals surface area contributed by atoms with Crippen LogP contribution >= 0.6 is 0 Å². The Bertz CT molecular complexity index is 345. The molecule has 84 valence electrons. The second kappa shape index (κ2) is 5.65. The molecular formula is C14H18N2. The summed E-state index contributed by atoms with van der Waals surface area (Å²) in [6.07, 6.45) is 11.2. The Kier molecular flexibility index (Phi) is 3.93. The molecular weight excluding hydrogens is 196 g/mol. The summed E-state index contributed by atoms with van der Waals surface area (Å²) in [6, 6.07) is 6.46. The molecule has 1 atom stereocenters. The van der Waals surface area contributed by atoms with Crippen molar-refractivity contribution in [1.29, 1.82) is 5.26 Å². The van der Waals surface area contributed by atoms with E-state index in [4.69, 9.17) is 0 Å². The number of hydrogen-bond acceptors (Lipinski definition) is 2. The molecule has 0 bridgehead atoms. The van der Waals surface area contributed by atoms with Crippen molar-refractivity contribution in [1.82, 2.24) is 4.98 Å².